The highest BCUT2D eigenvalue weighted by atomic mass is 15.1. The minimum absolute atomic E-state index is 0.886. The zero-order chi connectivity index (χ0) is 8.97. The second kappa shape index (κ2) is 4.86. The zero-order valence-electron chi connectivity index (χ0n) is 8.84. The van der Waals surface area contributed by atoms with Crippen LogP contribution >= 0.6 is 0 Å². The Bertz CT molecular complexity index is 120. The van der Waals surface area contributed by atoms with Crippen molar-refractivity contribution in [1.29, 1.82) is 0 Å². The molecule has 0 aromatic rings. The molecule has 0 aliphatic carbocycles. The van der Waals surface area contributed by atoms with E-state index in [1.54, 1.807) is 0 Å². The van der Waals surface area contributed by atoms with Gasteiger partial charge >= 0.3 is 0 Å². The van der Waals surface area contributed by atoms with Gasteiger partial charge in [0.25, 0.3) is 0 Å². The van der Waals surface area contributed by atoms with E-state index in [9.17, 15) is 0 Å². The molecule has 1 heterocycles. The number of hydrogen-bond donors (Lipinski definition) is 0. The van der Waals surface area contributed by atoms with Gasteiger partial charge in [0, 0.05) is 6.04 Å². The highest BCUT2D eigenvalue weighted by molar-refractivity contribution is 4.75. The second-order valence-electron chi connectivity index (χ2n) is 4.60. The monoisotopic (exact) mass is 169 g/mol. The molecule has 0 spiro atoms. The average Bonchev–Trinajstić information content (AvgIpc) is 2.36. The molecule has 1 aliphatic heterocycles. The quantitative estimate of drug-likeness (QED) is 0.625. The summed E-state index contributed by atoms with van der Waals surface area (Å²) >= 11 is 0. The molecular weight excluding hydrogens is 146 g/mol. The van der Waals surface area contributed by atoms with E-state index in [0.29, 0.717) is 0 Å². The minimum atomic E-state index is 0.886. The molecular formula is C11H23N. The van der Waals surface area contributed by atoms with Crippen LogP contribution in [0.5, 0.6) is 0 Å². The molecule has 1 saturated heterocycles. The summed E-state index contributed by atoms with van der Waals surface area (Å²) in [5.74, 6) is 0.886. The predicted octanol–water partition coefficient (Wildman–Crippen LogP) is 2.91. The summed E-state index contributed by atoms with van der Waals surface area (Å²) in [6.45, 7) is 5.96. The summed E-state index contributed by atoms with van der Waals surface area (Å²) in [7, 11) is 2.27. The maximum absolute atomic E-state index is 2.53. The number of hydrogen-bond acceptors (Lipinski definition) is 1. The molecule has 1 atom stereocenters. The number of nitrogens with zero attached hydrogens (tertiary/aromatic N) is 1. The minimum Gasteiger partial charge on any atom is -0.303 e. The van der Waals surface area contributed by atoms with E-state index in [-0.39, 0.29) is 0 Å². The van der Waals surface area contributed by atoms with Gasteiger partial charge in [-0.2, -0.15) is 0 Å². The third-order valence-corrected chi connectivity index (χ3v) is 2.99. The number of rotatable bonds is 4. The Morgan fingerprint density at radius 2 is 2.17 bits per heavy atom. The fraction of sp³-hybridized carbons (Fsp3) is 1.00. The lowest BCUT2D eigenvalue weighted by atomic mass is 10.0. The van der Waals surface area contributed by atoms with Gasteiger partial charge in [-0.25, -0.2) is 0 Å². The molecule has 1 nitrogen and oxygen atoms in total. The molecule has 0 unspecified atom stereocenters. The Kier molecular flexibility index (Phi) is 4.07. The van der Waals surface area contributed by atoms with Crippen molar-refractivity contribution in [2.24, 2.45) is 5.92 Å². The molecule has 0 N–H and O–H groups in total. The molecule has 1 aliphatic rings. The van der Waals surface area contributed by atoms with E-state index < -0.39 is 0 Å². The normalized spacial score (nSPS) is 25.5. The molecule has 0 amide bonds. The van der Waals surface area contributed by atoms with Crippen LogP contribution in [0.2, 0.25) is 0 Å². The van der Waals surface area contributed by atoms with E-state index in [1.807, 2.05) is 0 Å². The van der Waals surface area contributed by atoms with Gasteiger partial charge in [-0.15, -0.1) is 0 Å². The van der Waals surface area contributed by atoms with Crippen LogP contribution in [0.15, 0.2) is 0 Å². The summed E-state index contributed by atoms with van der Waals surface area (Å²) in [5, 5.41) is 0. The van der Waals surface area contributed by atoms with Crippen LogP contribution in [0.4, 0.5) is 0 Å². The number of likely N-dealkylation sites (tertiary alicyclic amines) is 1. The fourth-order valence-electron chi connectivity index (χ4n) is 2.11. The maximum Gasteiger partial charge on any atom is 0.00926 e. The Hall–Kier alpha value is -0.0400. The Labute approximate surface area is 77.1 Å². The van der Waals surface area contributed by atoms with E-state index in [0.717, 1.165) is 12.0 Å². The Morgan fingerprint density at radius 3 is 2.67 bits per heavy atom. The fourth-order valence-corrected chi connectivity index (χ4v) is 2.11. The lowest BCUT2D eigenvalue weighted by molar-refractivity contribution is 0.286. The molecule has 0 radical (unpaired) electrons. The van der Waals surface area contributed by atoms with Crippen LogP contribution in [-0.4, -0.2) is 24.5 Å². The van der Waals surface area contributed by atoms with E-state index in [2.05, 4.69) is 25.8 Å². The summed E-state index contributed by atoms with van der Waals surface area (Å²) in [6, 6.07) is 0.906. The van der Waals surface area contributed by atoms with Crippen LogP contribution in [0, 0.1) is 5.92 Å². The van der Waals surface area contributed by atoms with Gasteiger partial charge in [-0.3, -0.25) is 0 Å². The second-order valence-corrected chi connectivity index (χ2v) is 4.60. The highest BCUT2D eigenvalue weighted by Gasteiger charge is 2.19. The van der Waals surface area contributed by atoms with Crippen molar-refractivity contribution in [1.82, 2.24) is 4.90 Å². The summed E-state index contributed by atoms with van der Waals surface area (Å²) in [6.07, 6.45) is 7.11. The molecule has 1 rings (SSSR count). The van der Waals surface area contributed by atoms with E-state index in [4.69, 9.17) is 0 Å². The molecule has 0 aromatic carbocycles. The van der Waals surface area contributed by atoms with Crippen LogP contribution in [0.25, 0.3) is 0 Å². The van der Waals surface area contributed by atoms with Gasteiger partial charge in [0.05, 0.1) is 0 Å². The first-order chi connectivity index (χ1) is 5.70. The SMILES string of the molecule is CC(C)CCC[C@@H]1CCCN1C. The van der Waals surface area contributed by atoms with Crippen molar-refractivity contribution in [2.45, 2.75) is 52.0 Å². The maximum atomic E-state index is 2.53. The first kappa shape index (κ1) is 10.0. The lowest BCUT2D eigenvalue weighted by Crippen LogP contribution is -2.24. The van der Waals surface area contributed by atoms with Crippen molar-refractivity contribution in [2.75, 3.05) is 13.6 Å². The molecule has 0 saturated carbocycles. The molecule has 0 bridgehead atoms. The summed E-state index contributed by atoms with van der Waals surface area (Å²) in [4.78, 5) is 2.53. The Morgan fingerprint density at radius 1 is 1.42 bits per heavy atom. The smallest absolute Gasteiger partial charge is 0.00926 e. The van der Waals surface area contributed by atoms with Gasteiger partial charge in [0.15, 0.2) is 0 Å². The van der Waals surface area contributed by atoms with Gasteiger partial charge in [-0.1, -0.05) is 26.7 Å². The molecule has 1 fully saturated rings. The topological polar surface area (TPSA) is 3.24 Å². The third-order valence-electron chi connectivity index (χ3n) is 2.99. The van der Waals surface area contributed by atoms with Gasteiger partial charge in [0.1, 0.15) is 0 Å². The van der Waals surface area contributed by atoms with Crippen molar-refractivity contribution < 1.29 is 0 Å². The van der Waals surface area contributed by atoms with Gasteiger partial charge < -0.3 is 4.90 Å². The van der Waals surface area contributed by atoms with Crippen LogP contribution in [0.1, 0.15) is 46.0 Å². The third kappa shape index (κ3) is 3.14. The van der Waals surface area contributed by atoms with E-state index >= 15 is 0 Å². The average molecular weight is 169 g/mol. The predicted molar refractivity (Wildman–Crippen MR) is 54.3 cm³/mol. The molecule has 72 valence electrons. The van der Waals surface area contributed by atoms with Gasteiger partial charge in [0.2, 0.25) is 0 Å². The largest absolute Gasteiger partial charge is 0.303 e. The van der Waals surface area contributed by atoms with E-state index in [1.165, 1.54) is 38.6 Å². The van der Waals surface area contributed by atoms with Gasteiger partial charge in [-0.05, 0) is 38.8 Å². The standard InChI is InChI=1S/C11H23N/c1-10(2)6-4-7-11-8-5-9-12(11)3/h10-11H,4-9H2,1-3H3/t11-/m1/s1. The first-order valence-electron chi connectivity index (χ1n) is 5.40. The molecule has 1 heteroatoms. The first-order valence-corrected chi connectivity index (χ1v) is 5.40. The van der Waals surface area contributed by atoms with Crippen LogP contribution in [0.3, 0.4) is 0 Å². The van der Waals surface area contributed by atoms with Crippen LogP contribution in [-0.2, 0) is 0 Å². The summed E-state index contributed by atoms with van der Waals surface area (Å²) < 4.78 is 0. The zero-order valence-corrected chi connectivity index (χ0v) is 8.84. The Balaban J connectivity index is 2.06. The summed E-state index contributed by atoms with van der Waals surface area (Å²) in [5.41, 5.74) is 0. The highest BCUT2D eigenvalue weighted by Crippen LogP contribution is 2.20. The van der Waals surface area contributed by atoms with Crippen molar-refractivity contribution >= 4 is 0 Å². The molecule has 0 aromatic heterocycles. The van der Waals surface area contributed by atoms with Crippen molar-refractivity contribution in [3.8, 4) is 0 Å². The van der Waals surface area contributed by atoms with Crippen molar-refractivity contribution in [3.63, 3.8) is 0 Å². The van der Waals surface area contributed by atoms with Crippen LogP contribution < -0.4 is 0 Å². The molecule has 12 heavy (non-hydrogen) atoms. The lowest BCUT2D eigenvalue weighted by Gasteiger charge is -2.19. The van der Waals surface area contributed by atoms with Crippen molar-refractivity contribution in [3.05, 3.63) is 0 Å².